The number of rotatable bonds is 6. The molecule has 27 heavy (non-hydrogen) atoms. The molecule has 0 spiro atoms. The Kier molecular flexibility index (Phi) is 6.85. The number of hydrogen-bond acceptors (Lipinski definition) is 4. The van der Waals surface area contributed by atoms with E-state index in [0.717, 1.165) is 55.8 Å². The highest BCUT2D eigenvalue weighted by molar-refractivity contribution is 5.93. The van der Waals surface area contributed by atoms with Crippen LogP contribution in [-0.2, 0) is 14.3 Å². The Bertz CT molecular complexity index is 642. The molecule has 3 rings (SSSR count). The summed E-state index contributed by atoms with van der Waals surface area (Å²) in [4.78, 5) is 28.8. The molecule has 6 heteroatoms. The van der Waals surface area contributed by atoms with E-state index in [1.54, 1.807) is 0 Å². The number of hydrogen-bond donors (Lipinski definition) is 1. The molecule has 2 fully saturated rings. The van der Waals surface area contributed by atoms with Crippen LogP contribution in [0.3, 0.4) is 0 Å². The van der Waals surface area contributed by atoms with E-state index in [2.05, 4.69) is 10.2 Å². The minimum atomic E-state index is 0.00515. The molecule has 6 nitrogen and oxygen atoms in total. The average molecular weight is 373 g/mol. The SMILES string of the molecule is Cc1cccc(C)c1NC(=O)CN1CCN(C(=O)CCC2CCCO2)CC1. The molecule has 2 aliphatic heterocycles. The fourth-order valence-electron chi connectivity index (χ4n) is 3.86. The van der Waals surface area contributed by atoms with E-state index in [0.29, 0.717) is 26.1 Å². The van der Waals surface area contributed by atoms with E-state index in [-0.39, 0.29) is 17.9 Å². The van der Waals surface area contributed by atoms with Crippen LogP contribution < -0.4 is 5.32 Å². The van der Waals surface area contributed by atoms with Crippen molar-refractivity contribution in [1.29, 1.82) is 0 Å². The van der Waals surface area contributed by atoms with Gasteiger partial charge in [-0.1, -0.05) is 18.2 Å². The smallest absolute Gasteiger partial charge is 0.238 e. The van der Waals surface area contributed by atoms with E-state index in [1.807, 2.05) is 36.9 Å². The molecular formula is C21H31N3O3. The summed E-state index contributed by atoms with van der Waals surface area (Å²) in [6, 6.07) is 6.00. The van der Waals surface area contributed by atoms with Crippen LogP contribution in [-0.4, -0.2) is 67.0 Å². The van der Waals surface area contributed by atoms with Crippen molar-refractivity contribution < 1.29 is 14.3 Å². The van der Waals surface area contributed by atoms with Crippen LogP contribution >= 0.6 is 0 Å². The maximum atomic E-state index is 12.4. The van der Waals surface area contributed by atoms with Gasteiger partial charge >= 0.3 is 0 Å². The lowest BCUT2D eigenvalue weighted by molar-refractivity contribution is -0.133. The summed E-state index contributed by atoms with van der Waals surface area (Å²) >= 11 is 0. The highest BCUT2D eigenvalue weighted by Gasteiger charge is 2.24. The minimum absolute atomic E-state index is 0.00515. The van der Waals surface area contributed by atoms with Crippen molar-refractivity contribution >= 4 is 17.5 Å². The molecule has 1 aromatic rings. The van der Waals surface area contributed by atoms with Gasteiger partial charge in [0.25, 0.3) is 0 Å². The van der Waals surface area contributed by atoms with Gasteiger partial charge in [0.05, 0.1) is 12.6 Å². The third-order valence-electron chi connectivity index (χ3n) is 5.54. The molecule has 2 amide bonds. The maximum Gasteiger partial charge on any atom is 0.238 e. The second-order valence-corrected chi connectivity index (χ2v) is 7.65. The van der Waals surface area contributed by atoms with Crippen molar-refractivity contribution in [3.63, 3.8) is 0 Å². The Morgan fingerprint density at radius 2 is 1.85 bits per heavy atom. The van der Waals surface area contributed by atoms with Gasteiger partial charge in [-0.15, -0.1) is 0 Å². The first-order valence-electron chi connectivity index (χ1n) is 10.0. The van der Waals surface area contributed by atoms with Crippen LogP contribution in [0, 0.1) is 13.8 Å². The van der Waals surface area contributed by atoms with Gasteiger partial charge in [-0.25, -0.2) is 0 Å². The Hall–Kier alpha value is -1.92. The molecule has 0 aliphatic carbocycles. The number of nitrogens with zero attached hydrogens (tertiary/aromatic N) is 2. The third-order valence-corrected chi connectivity index (χ3v) is 5.54. The van der Waals surface area contributed by atoms with Crippen LogP contribution in [0.5, 0.6) is 0 Å². The summed E-state index contributed by atoms with van der Waals surface area (Å²) < 4.78 is 5.59. The number of aryl methyl sites for hydroxylation is 2. The molecule has 1 N–H and O–H groups in total. The molecule has 2 aliphatic rings. The maximum absolute atomic E-state index is 12.4. The van der Waals surface area contributed by atoms with Crippen LogP contribution in [0.25, 0.3) is 0 Å². The van der Waals surface area contributed by atoms with Crippen molar-refractivity contribution in [3.8, 4) is 0 Å². The fourth-order valence-corrected chi connectivity index (χ4v) is 3.86. The Morgan fingerprint density at radius 3 is 2.48 bits per heavy atom. The molecule has 0 radical (unpaired) electrons. The van der Waals surface area contributed by atoms with Gasteiger partial charge in [0, 0.05) is 44.9 Å². The number of para-hydroxylation sites is 1. The van der Waals surface area contributed by atoms with Crippen molar-refractivity contribution in [3.05, 3.63) is 29.3 Å². The van der Waals surface area contributed by atoms with Gasteiger partial charge in [-0.3, -0.25) is 14.5 Å². The van der Waals surface area contributed by atoms with E-state index in [4.69, 9.17) is 4.74 Å². The molecule has 0 saturated carbocycles. The number of carbonyl (C=O) groups is 2. The van der Waals surface area contributed by atoms with Gasteiger partial charge in [0.2, 0.25) is 11.8 Å². The molecule has 0 aromatic heterocycles. The third kappa shape index (κ3) is 5.53. The molecule has 2 saturated heterocycles. The van der Waals surface area contributed by atoms with Crippen molar-refractivity contribution in [1.82, 2.24) is 9.80 Å². The first kappa shape index (κ1) is 19.8. The van der Waals surface area contributed by atoms with Gasteiger partial charge in [-0.05, 0) is 44.2 Å². The van der Waals surface area contributed by atoms with Gasteiger partial charge in [-0.2, -0.15) is 0 Å². The normalized spacial score (nSPS) is 20.7. The largest absolute Gasteiger partial charge is 0.378 e. The zero-order valence-electron chi connectivity index (χ0n) is 16.5. The first-order valence-corrected chi connectivity index (χ1v) is 10.0. The number of piperazine rings is 1. The summed E-state index contributed by atoms with van der Waals surface area (Å²) in [5.41, 5.74) is 3.06. The highest BCUT2D eigenvalue weighted by atomic mass is 16.5. The van der Waals surface area contributed by atoms with Crippen molar-refractivity contribution in [2.24, 2.45) is 0 Å². The number of carbonyl (C=O) groups excluding carboxylic acids is 2. The fraction of sp³-hybridized carbons (Fsp3) is 0.619. The summed E-state index contributed by atoms with van der Waals surface area (Å²) in [6.45, 7) is 8.08. The van der Waals surface area contributed by atoms with E-state index in [1.165, 1.54) is 0 Å². The zero-order chi connectivity index (χ0) is 19.2. The molecular weight excluding hydrogens is 342 g/mol. The highest BCUT2D eigenvalue weighted by Crippen LogP contribution is 2.20. The first-order chi connectivity index (χ1) is 13.0. The summed E-state index contributed by atoms with van der Waals surface area (Å²) in [5, 5.41) is 3.04. The van der Waals surface area contributed by atoms with Crippen LogP contribution in [0.1, 0.15) is 36.8 Å². The Balaban J connectivity index is 1.39. The van der Waals surface area contributed by atoms with Crippen LogP contribution in [0.4, 0.5) is 5.69 Å². The monoisotopic (exact) mass is 373 g/mol. The predicted molar refractivity (Wildman–Crippen MR) is 106 cm³/mol. The standard InChI is InChI=1S/C21H31N3O3/c1-16-5-3-6-17(2)21(16)22-19(25)15-23-10-12-24(13-11-23)20(26)9-8-18-7-4-14-27-18/h3,5-6,18H,4,7-15H2,1-2H3,(H,22,25). The molecule has 1 unspecified atom stereocenters. The summed E-state index contributed by atoms with van der Waals surface area (Å²) in [6.07, 6.45) is 3.86. The lowest BCUT2D eigenvalue weighted by Crippen LogP contribution is -2.50. The Labute approximate surface area is 161 Å². The molecule has 2 heterocycles. The molecule has 0 bridgehead atoms. The van der Waals surface area contributed by atoms with E-state index < -0.39 is 0 Å². The predicted octanol–water partition coefficient (Wildman–Crippen LogP) is 2.35. The number of nitrogens with one attached hydrogen (secondary N) is 1. The Morgan fingerprint density at radius 1 is 1.15 bits per heavy atom. The minimum Gasteiger partial charge on any atom is -0.378 e. The number of benzene rings is 1. The van der Waals surface area contributed by atoms with Crippen LogP contribution in [0.2, 0.25) is 0 Å². The van der Waals surface area contributed by atoms with Gasteiger partial charge in [0.1, 0.15) is 0 Å². The van der Waals surface area contributed by atoms with E-state index in [9.17, 15) is 9.59 Å². The van der Waals surface area contributed by atoms with Crippen molar-refractivity contribution in [2.45, 2.75) is 45.6 Å². The quantitative estimate of drug-likeness (QED) is 0.831. The number of anilines is 1. The number of ether oxygens (including phenoxy) is 1. The van der Waals surface area contributed by atoms with Crippen LogP contribution in [0.15, 0.2) is 18.2 Å². The average Bonchev–Trinajstić information content (AvgIpc) is 3.17. The second kappa shape index (κ2) is 9.33. The van der Waals surface area contributed by atoms with Gasteiger partial charge in [0.15, 0.2) is 0 Å². The van der Waals surface area contributed by atoms with Crippen molar-refractivity contribution in [2.75, 3.05) is 44.6 Å². The topological polar surface area (TPSA) is 61.9 Å². The van der Waals surface area contributed by atoms with Gasteiger partial charge < -0.3 is 15.0 Å². The molecule has 1 aromatic carbocycles. The molecule has 148 valence electrons. The summed E-state index contributed by atoms with van der Waals surface area (Å²) in [5.74, 6) is 0.218. The van der Waals surface area contributed by atoms with E-state index >= 15 is 0 Å². The lowest BCUT2D eigenvalue weighted by Gasteiger charge is -2.34. The lowest BCUT2D eigenvalue weighted by atomic mass is 10.1. The second-order valence-electron chi connectivity index (χ2n) is 7.65. The number of amides is 2. The summed E-state index contributed by atoms with van der Waals surface area (Å²) in [7, 11) is 0. The zero-order valence-corrected chi connectivity index (χ0v) is 16.5. The molecule has 1 atom stereocenters.